The highest BCUT2D eigenvalue weighted by atomic mass is 35.5. The fraction of sp³-hybridized carbons (Fsp3) is 0.293. The number of hydrogen-bond donors (Lipinski definition) is 0. The average Bonchev–Trinajstić information content (AvgIpc) is 3.34. The SMILES string of the molecule is CN1c2ccc3ccccc3c2C(C)(C)C1C=CC=C1CCCC(C=CC2=[N+](C)c3ccc4ccccc4c3C2(C)C)=C1Cl. The normalized spacial score (nSPS) is 21.9. The van der Waals surface area contributed by atoms with E-state index in [4.69, 9.17) is 11.6 Å². The maximum Gasteiger partial charge on any atom is 0.210 e. The van der Waals surface area contributed by atoms with Crippen molar-refractivity contribution in [3.63, 3.8) is 0 Å². The van der Waals surface area contributed by atoms with Crippen molar-refractivity contribution in [1.29, 1.82) is 0 Å². The van der Waals surface area contributed by atoms with Crippen LogP contribution in [-0.2, 0) is 10.8 Å². The molecule has 7 rings (SSSR count). The van der Waals surface area contributed by atoms with E-state index in [0.717, 1.165) is 24.3 Å². The molecule has 2 heterocycles. The van der Waals surface area contributed by atoms with E-state index < -0.39 is 0 Å². The van der Waals surface area contributed by atoms with Crippen LogP contribution in [0, 0.1) is 0 Å². The standard InChI is InChI=1S/C41H42ClN2/c1-40(2)35(43(5)33-24-21-27-13-7-9-18-31(27)37(33)40)20-12-17-29-15-11-16-30(39(29)42)23-26-36-41(3,4)38-32-19-10-8-14-28(32)22-25-34(38)44(36)6/h7-10,12-14,17-26,35H,11,15-16H2,1-6H3/q+1. The van der Waals surface area contributed by atoms with Crippen LogP contribution in [0.2, 0.25) is 0 Å². The van der Waals surface area contributed by atoms with Gasteiger partial charge >= 0.3 is 0 Å². The predicted octanol–water partition coefficient (Wildman–Crippen LogP) is 10.5. The Morgan fingerprint density at radius 3 is 2.20 bits per heavy atom. The molecule has 0 bridgehead atoms. The molecule has 2 aliphatic heterocycles. The fourth-order valence-corrected chi connectivity index (χ4v) is 8.56. The number of rotatable bonds is 4. The molecule has 0 amide bonds. The first-order valence-electron chi connectivity index (χ1n) is 15.9. The molecule has 0 radical (unpaired) electrons. The van der Waals surface area contributed by atoms with Crippen LogP contribution < -0.4 is 4.90 Å². The monoisotopic (exact) mass is 597 g/mol. The number of nitrogens with zero attached hydrogens (tertiary/aromatic N) is 2. The second-order valence-electron chi connectivity index (χ2n) is 13.8. The summed E-state index contributed by atoms with van der Waals surface area (Å²) >= 11 is 7.12. The molecule has 0 N–H and O–H groups in total. The zero-order valence-electron chi connectivity index (χ0n) is 26.8. The van der Waals surface area contributed by atoms with E-state index in [2.05, 4.69) is 154 Å². The van der Waals surface area contributed by atoms with Gasteiger partial charge in [0.2, 0.25) is 5.69 Å². The fourth-order valence-electron chi connectivity index (χ4n) is 8.24. The third kappa shape index (κ3) is 4.41. The predicted molar refractivity (Wildman–Crippen MR) is 190 cm³/mol. The van der Waals surface area contributed by atoms with Gasteiger partial charge in [-0.05, 0) is 83.5 Å². The van der Waals surface area contributed by atoms with E-state index in [0.29, 0.717) is 0 Å². The summed E-state index contributed by atoms with van der Waals surface area (Å²) in [6.07, 6.45) is 14.6. The van der Waals surface area contributed by atoms with Gasteiger partial charge in [-0.3, -0.25) is 0 Å². The zero-order valence-corrected chi connectivity index (χ0v) is 27.5. The Hall–Kier alpha value is -3.88. The molecule has 0 aromatic heterocycles. The molecule has 44 heavy (non-hydrogen) atoms. The van der Waals surface area contributed by atoms with Crippen molar-refractivity contribution in [1.82, 2.24) is 0 Å². The molecule has 4 aromatic carbocycles. The molecule has 2 nitrogen and oxygen atoms in total. The van der Waals surface area contributed by atoms with Crippen molar-refractivity contribution in [2.24, 2.45) is 0 Å². The van der Waals surface area contributed by atoms with E-state index in [1.165, 1.54) is 60.9 Å². The molecule has 4 aromatic rings. The second-order valence-corrected chi connectivity index (χ2v) is 14.2. The molecule has 3 heteroatoms. The van der Waals surface area contributed by atoms with Crippen molar-refractivity contribution in [3.8, 4) is 0 Å². The van der Waals surface area contributed by atoms with Crippen LogP contribution in [-0.4, -0.2) is 30.4 Å². The highest BCUT2D eigenvalue weighted by molar-refractivity contribution is 6.32. The Bertz CT molecular complexity index is 1980. The zero-order chi connectivity index (χ0) is 30.8. The van der Waals surface area contributed by atoms with Gasteiger partial charge in [-0.15, -0.1) is 0 Å². The summed E-state index contributed by atoms with van der Waals surface area (Å²) in [6.45, 7) is 9.44. The molecule has 0 spiro atoms. The lowest BCUT2D eigenvalue weighted by Gasteiger charge is -2.30. The molecule has 1 atom stereocenters. The van der Waals surface area contributed by atoms with Crippen molar-refractivity contribution in [3.05, 3.63) is 130 Å². The van der Waals surface area contributed by atoms with Crippen LogP contribution in [0.15, 0.2) is 119 Å². The van der Waals surface area contributed by atoms with E-state index in [9.17, 15) is 0 Å². The van der Waals surface area contributed by atoms with Crippen LogP contribution in [0.1, 0.15) is 58.1 Å². The molecule has 0 saturated carbocycles. The first-order chi connectivity index (χ1) is 21.1. The van der Waals surface area contributed by atoms with Gasteiger partial charge in [-0.1, -0.05) is 104 Å². The van der Waals surface area contributed by atoms with Gasteiger partial charge in [-0.2, -0.15) is 4.58 Å². The summed E-state index contributed by atoms with van der Waals surface area (Å²) in [6, 6.07) is 26.8. The lowest BCUT2D eigenvalue weighted by Crippen LogP contribution is -2.37. The molecule has 1 unspecified atom stereocenters. The Morgan fingerprint density at radius 2 is 1.48 bits per heavy atom. The first-order valence-corrected chi connectivity index (χ1v) is 16.3. The lowest BCUT2D eigenvalue weighted by atomic mass is 9.78. The number of fused-ring (bicyclic) bond motifs is 6. The average molecular weight is 598 g/mol. The van der Waals surface area contributed by atoms with E-state index in [-0.39, 0.29) is 16.9 Å². The van der Waals surface area contributed by atoms with Crippen LogP contribution >= 0.6 is 11.6 Å². The quantitative estimate of drug-likeness (QED) is 0.212. The van der Waals surface area contributed by atoms with E-state index in [1.807, 2.05) is 0 Å². The Balaban J connectivity index is 1.16. The number of benzene rings is 4. The molecular weight excluding hydrogens is 556 g/mol. The summed E-state index contributed by atoms with van der Waals surface area (Å²) < 4.78 is 2.36. The Kier molecular flexibility index (Phi) is 6.98. The smallest absolute Gasteiger partial charge is 0.210 e. The summed E-state index contributed by atoms with van der Waals surface area (Å²) in [5.41, 5.74) is 9.10. The molecule has 1 aliphatic carbocycles. The summed E-state index contributed by atoms with van der Waals surface area (Å²) in [4.78, 5) is 2.43. The third-order valence-corrected chi connectivity index (χ3v) is 11.0. The largest absolute Gasteiger partial charge is 0.367 e. The molecule has 0 saturated heterocycles. The molecule has 3 aliphatic rings. The van der Waals surface area contributed by atoms with E-state index >= 15 is 0 Å². The number of hydrogen-bond acceptors (Lipinski definition) is 1. The minimum Gasteiger partial charge on any atom is -0.367 e. The molecular formula is C41H42ClN2+. The number of anilines is 1. The number of likely N-dealkylation sites (N-methyl/N-ethyl adjacent to an activating group) is 1. The van der Waals surface area contributed by atoms with Gasteiger partial charge in [0, 0.05) is 40.9 Å². The van der Waals surface area contributed by atoms with Crippen LogP contribution in [0.25, 0.3) is 21.5 Å². The van der Waals surface area contributed by atoms with Crippen molar-refractivity contribution in [2.45, 2.75) is 63.8 Å². The van der Waals surface area contributed by atoms with Crippen LogP contribution in [0.5, 0.6) is 0 Å². The van der Waals surface area contributed by atoms with Crippen molar-refractivity contribution in [2.75, 3.05) is 19.0 Å². The lowest BCUT2D eigenvalue weighted by molar-refractivity contribution is -0.401. The molecule has 222 valence electrons. The van der Waals surface area contributed by atoms with Crippen molar-refractivity contribution >= 4 is 50.2 Å². The van der Waals surface area contributed by atoms with Gasteiger partial charge in [0.25, 0.3) is 0 Å². The number of halogens is 1. The maximum absolute atomic E-state index is 7.12. The number of allylic oxidation sites excluding steroid dienone is 7. The maximum atomic E-state index is 7.12. The van der Waals surface area contributed by atoms with Crippen LogP contribution in [0.3, 0.4) is 0 Å². The first kappa shape index (κ1) is 28.9. The highest BCUT2D eigenvalue weighted by Gasteiger charge is 2.44. The van der Waals surface area contributed by atoms with Gasteiger partial charge in [0.1, 0.15) is 7.05 Å². The van der Waals surface area contributed by atoms with Gasteiger partial charge in [0.05, 0.1) is 11.5 Å². The topological polar surface area (TPSA) is 6.25 Å². The Labute approximate surface area is 267 Å². The summed E-state index contributed by atoms with van der Waals surface area (Å²) in [5.74, 6) is 0. The third-order valence-electron chi connectivity index (χ3n) is 10.5. The van der Waals surface area contributed by atoms with Crippen molar-refractivity contribution < 1.29 is 4.58 Å². The minimum absolute atomic E-state index is 0.0136. The second kappa shape index (κ2) is 10.6. The highest BCUT2D eigenvalue weighted by Crippen LogP contribution is 2.48. The van der Waals surface area contributed by atoms with Gasteiger partial charge in [-0.25, -0.2) is 0 Å². The van der Waals surface area contributed by atoms with Crippen LogP contribution in [0.4, 0.5) is 11.4 Å². The van der Waals surface area contributed by atoms with Gasteiger partial charge < -0.3 is 4.90 Å². The Morgan fingerprint density at radius 1 is 0.818 bits per heavy atom. The summed E-state index contributed by atoms with van der Waals surface area (Å²) in [5, 5.41) is 6.21. The summed E-state index contributed by atoms with van der Waals surface area (Å²) in [7, 11) is 4.42. The molecule has 0 fully saturated rings. The minimum atomic E-state index is -0.104. The van der Waals surface area contributed by atoms with Gasteiger partial charge in [0.15, 0.2) is 5.71 Å². The van der Waals surface area contributed by atoms with E-state index in [1.54, 1.807) is 0 Å².